The monoisotopic (exact) mass is 280 g/mol. The topological polar surface area (TPSA) is 9.23 Å². The van der Waals surface area contributed by atoms with Crippen molar-refractivity contribution in [2.24, 2.45) is 11.8 Å². The molecule has 20 heavy (non-hydrogen) atoms. The van der Waals surface area contributed by atoms with Gasteiger partial charge in [0.25, 0.3) is 0 Å². The van der Waals surface area contributed by atoms with E-state index < -0.39 is 11.6 Å². The van der Waals surface area contributed by atoms with E-state index in [0.717, 1.165) is 25.2 Å². The lowest BCUT2D eigenvalue weighted by molar-refractivity contribution is 0.215. The van der Waals surface area contributed by atoms with Crippen LogP contribution in [0, 0.1) is 23.5 Å². The number of hydrogen-bond acceptors (Lipinski definition) is 1. The van der Waals surface area contributed by atoms with Crippen molar-refractivity contribution in [3.05, 3.63) is 29.3 Å². The first-order valence-electron chi connectivity index (χ1n) is 7.83. The van der Waals surface area contributed by atoms with Gasteiger partial charge >= 0.3 is 0 Å². The van der Waals surface area contributed by atoms with Crippen LogP contribution in [-0.4, -0.2) is 6.61 Å². The van der Waals surface area contributed by atoms with Gasteiger partial charge in [-0.1, -0.05) is 44.6 Å². The lowest BCUT2D eigenvalue weighted by Gasteiger charge is -2.26. The van der Waals surface area contributed by atoms with Gasteiger partial charge in [-0.15, -0.1) is 0 Å². The van der Waals surface area contributed by atoms with Gasteiger partial charge in [0.2, 0.25) is 5.82 Å². The van der Waals surface area contributed by atoms with E-state index in [-0.39, 0.29) is 5.75 Å². The van der Waals surface area contributed by atoms with E-state index in [9.17, 15) is 8.78 Å². The Morgan fingerprint density at radius 3 is 2.25 bits per heavy atom. The Hall–Kier alpha value is -1.12. The highest BCUT2D eigenvalue weighted by Gasteiger charge is 2.22. The fourth-order valence-electron chi connectivity index (χ4n) is 2.97. The van der Waals surface area contributed by atoms with Crippen LogP contribution in [0.25, 0.3) is 0 Å². The maximum absolute atomic E-state index is 14.0. The molecule has 0 radical (unpaired) electrons. The van der Waals surface area contributed by atoms with Crippen molar-refractivity contribution in [1.29, 1.82) is 0 Å². The van der Waals surface area contributed by atoms with Gasteiger partial charge in [-0.25, -0.2) is 4.39 Å². The molecule has 3 heteroatoms. The smallest absolute Gasteiger partial charge is 0.200 e. The van der Waals surface area contributed by atoms with Gasteiger partial charge in [-0.05, 0) is 36.3 Å². The van der Waals surface area contributed by atoms with Crippen molar-refractivity contribution in [3.63, 3.8) is 0 Å². The zero-order chi connectivity index (χ0) is 13.9. The molecule has 0 N–H and O–H groups in total. The van der Waals surface area contributed by atoms with Crippen molar-refractivity contribution in [2.45, 2.75) is 51.4 Å². The molecule has 1 aromatic carbocycles. The van der Waals surface area contributed by atoms with Gasteiger partial charge in [-0.2, -0.15) is 4.39 Å². The first-order chi connectivity index (χ1) is 9.74. The van der Waals surface area contributed by atoms with Crippen LogP contribution < -0.4 is 4.74 Å². The van der Waals surface area contributed by atoms with Gasteiger partial charge in [-0.3, -0.25) is 0 Å². The summed E-state index contributed by atoms with van der Waals surface area (Å²) >= 11 is 0. The Labute approximate surface area is 119 Å². The summed E-state index contributed by atoms with van der Waals surface area (Å²) in [7, 11) is 0. The van der Waals surface area contributed by atoms with Crippen LogP contribution in [0.15, 0.2) is 12.1 Å². The molecule has 2 fully saturated rings. The second-order valence-electron chi connectivity index (χ2n) is 6.29. The molecule has 2 saturated carbocycles. The molecule has 110 valence electrons. The molecule has 0 saturated heterocycles. The lowest BCUT2D eigenvalue weighted by atomic mass is 9.81. The van der Waals surface area contributed by atoms with Crippen LogP contribution in [0.3, 0.4) is 0 Å². The summed E-state index contributed by atoms with van der Waals surface area (Å²) in [6.07, 6.45) is 8.90. The minimum Gasteiger partial charge on any atom is -0.490 e. The molecule has 1 nitrogen and oxygen atoms in total. The molecule has 0 spiro atoms. The third-order valence-corrected chi connectivity index (χ3v) is 4.87. The number of benzene rings is 1. The number of halogens is 2. The van der Waals surface area contributed by atoms with Gasteiger partial charge < -0.3 is 4.74 Å². The van der Waals surface area contributed by atoms with Gasteiger partial charge in [0.1, 0.15) is 0 Å². The zero-order valence-electron chi connectivity index (χ0n) is 11.8. The van der Waals surface area contributed by atoms with Crippen molar-refractivity contribution in [3.8, 4) is 5.75 Å². The summed E-state index contributed by atoms with van der Waals surface area (Å²) in [6.45, 7) is 0.489. The maximum atomic E-state index is 14.0. The zero-order valence-corrected chi connectivity index (χ0v) is 11.8. The Kier molecular flexibility index (Phi) is 4.23. The second kappa shape index (κ2) is 6.11. The van der Waals surface area contributed by atoms with Crippen LogP contribution in [-0.2, 0) is 6.42 Å². The van der Waals surface area contributed by atoms with Crippen LogP contribution in [0.1, 0.15) is 50.5 Å². The molecule has 3 rings (SSSR count). The van der Waals surface area contributed by atoms with E-state index in [1.54, 1.807) is 12.1 Å². The quantitative estimate of drug-likeness (QED) is 0.722. The molecule has 1 aromatic rings. The van der Waals surface area contributed by atoms with E-state index in [1.807, 2.05) is 0 Å². The molecule has 2 aliphatic rings. The van der Waals surface area contributed by atoms with E-state index in [2.05, 4.69) is 0 Å². The highest BCUT2D eigenvalue weighted by molar-refractivity contribution is 5.31. The molecule has 0 unspecified atom stereocenters. The summed E-state index contributed by atoms with van der Waals surface area (Å²) in [5.74, 6) is -0.192. The number of rotatable bonds is 6. The van der Waals surface area contributed by atoms with Gasteiger partial charge in [0, 0.05) is 0 Å². The van der Waals surface area contributed by atoms with E-state index in [1.165, 1.54) is 25.7 Å². The third-order valence-electron chi connectivity index (χ3n) is 4.87. The standard InChI is InChI=1S/C17H22F2O/c18-16-14(11-13-5-2-6-13)7-8-15(17(16)19)20-10-9-12-3-1-4-12/h7-8,12-13H,1-6,9-11H2. The number of ether oxygens (including phenoxy) is 1. The number of hydrogen-bond donors (Lipinski definition) is 0. The fourth-order valence-corrected chi connectivity index (χ4v) is 2.97. The summed E-state index contributed by atoms with van der Waals surface area (Å²) in [5, 5.41) is 0. The van der Waals surface area contributed by atoms with Crippen molar-refractivity contribution < 1.29 is 13.5 Å². The molecule has 0 amide bonds. The summed E-state index contributed by atoms with van der Waals surface area (Å²) in [6, 6.07) is 3.28. The molecule has 0 aromatic heterocycles. The minimum atomic E-state index is -0.810. The molecular formula is C17H22F2O. The van der Waals surface area contributed by atoms with Crippen molar-refractivity contribution in [2.75, 3.05) is 6.61 Å². The lowest BCUT2D eigenvalue weighted by Crippen LogP contribution is -2.16. The van der Waals surface area contributed by atoms with Crippen molar-refractivity contribution in [1.82, 2.24) is 0 Å². The molecule has 0 aliphatic heterocycles. The first-order valence-corrected chi connectivity index (χ1v) is 7.83. The second-order valence-corrected chi connectivity index (χ2v) is 6.29. The van der Waals surface area contributed by atoms with E-state index in [0.29, 0.717) is 24.5 Å². The Morgan fingerprint density at radius 2 is 1.65 bits per heavy atom. The predicted molar refractivity (Wildman–Crippen MR) is 74.9 cm³/mol. The SMILES string of the molecule is Fc1c(CC2CCC2)ccc(OCCC2CCC2)c1F. The van der Waals surface area contributed by atoms with Crippen LogP contribution in [0.4, 0.5) is 8.78 Å². The van der Waals surface area contributed by atoms with Gasteiger partial charge in [0.15, 0.2) is 11.6 Å². The van der Waals surface area contributed by atoms with Crippen LogP contribution >= 0.6 is 0 Å². The maximum Gasteiger partial charge on any atom is 0.200 e. The Balaban J connectivity index is 1.57. The van der Waals surface area contributed by atoms with Crippen molar-refractivity contribution >= 4 is 0 Å². The Morgan fingerprint density at radius 1 is 0.950 bits per heavy atom. The molecule has 0 bridgehead atoms. The molecular weight excluding hydrogens is 258 g/mol. The molecule has 2 aliphatic carbocycles. The minimum absolute atomic E-state index is 0.0687. The summed E-state index contributed by atoms with van der Waals surface area (Å²) < 4.78 is 33.4. The fraction of sp³-hybridized carbons (Fsp3) is 0.647. The normalized spacial score (nSPS) is 19.5. The predicted octanol–water partition coefficient (Wildman–Crippen LogP) is 4.88. The molecule has 0 atom stereocenters. The highest BCUT2D eigenvalue weighted by atomic mass is 19.2. The molecule has 0 heterocycles. The largest absolute Gasteiger partial charge is 0.490 e. The highest BCUT2D eigenvalue weighted by Crippen LogP contribution is 2.33. The average Bonchev–Trinajstić information content (AvgIpc) is 2.34. The van der Waals surface area contributed by atoms with E-state index >= 15 is 0 Å². The average molecular weight is 280 g/mol. The van der Waals surface area contributed by atoms with Crippen LogP contribution in [0.5, 0.6) is 5.75 Å². The third kappa shape index (κ3) is 2.97. The van der Waals surface area contributed by atoms with Gasteiger partial charge in [0.05, 0.1) is 6.61 Å². The van der Waals surface area contributed by atoms with E-state index in [4.69, 9.17) is 4.74 Å². The summed E-state index contributed by atoms with van der Waals surface area (Å²) in [5.41, 5.74) is 0.499. The van der Waals surface area contributed by atoms with Crippen LogP contribution in [0.2, 0.25) is 0 Å². The summed E-state index contributed by atoms with van der Waals surface area (Å²) in [4.78, 5) is 0. The Bertz CT molecular complexity index is 464. The first kappa shape index (κ1) is 13.8.